The van der Waals surface area contributed by atoms with Crippen LogP contribution in [0.5, 0.6) is 0 Å². The summed E-state index contributed by atoms with van der Waals surface area (Å²) in [6, 6.07) is 0.0698. The molecule has 0 heterocycles. The van der Waals surface area contributed by atoms with E-state index in [1.807, 2.05) is 6.92 Å². The highest BCUT2D eigenvalue weighted by atomic mass is 16.4. The van der Waals surface area contributed by atoms with Gasteiger partial charge in [0.05, 0.1) is 5.92 Å². The van der Waals surface area contributed by atoms with E-state index < -0.39 is 11.9 Å². The third-order valence-corrected chi connectivity index (χ3v) is 2.96. The molecule has 0 aliphatic rings. The van der Waals surface area contributed by atoms with Crippen LogP contribution in [0.3, 0.4) is 0 Å². The molecule has 100 valence electrons. The lowest BCUT2D eigenvalue weighted by molar-refractivity contribution is -0.141. The molecule has 2 N–H and O–H groups in total. The van der Waals surface area contributed by atoms with Crippen LogP contribution >= 0.6 is 0 Å². The summed E-state index contributed by atoms with van der Waals surface area (Å²) in [6.07, 6.45) is 2.46. The van der Waals surface area contributed by atoms with Gasteiger partial charge in [0.2, 0.25) is 0 Å². The van der Waals surface area contributed by atoms with Gasteiger partial charge in [-0.2, -0.15) is 0 Å². The van der Waals surface area contributed by atoms with Crippen molar-refractivity contribution in [1.82, 2.24) is 10.2 Å². The average molecular weight is 244 g/mol. The van der Waals surface area contributed by atoms with Gasteiger partial charge in [-0.25, -0.2) is 4.79 Å². The van der Waals surface area contributed by atoms with Crippen molar-refractivity contribution in [3.63, 3.8) is 0 Å². The quantitative estimate of drug-likeness (QED) is 0.719. The number of rotatable bonds is 7. The number of amides is 2. The van der Waals surface area contributed by atoms with Crippen molar-refractivity contribution in [1.29, 1.82) is 0 Å². The van der Waals surface area contributed by atoms with Crippen molar-refractivity contribution in [2.24, 2.45) is 5.92 Å². The molecule has 0 saturated heterocycles. The number of hydrogen-bond acceptors (Lipinski definition) is 2. The van der Waals surface area contributed by atoms with Crippen molar-refractivity contribution in [2.75, 3.05) is 13.6 Å². The van der Waals surface area contributed by atoms with E-state index in [9.17, 15) is 9.59 Å². The largest absolute Gasteiger partial charge is 0.481 e. The molecule has 0 rings (SSSR count). The van der Waals surface area contributed by atoms with Crippen LogP contribution in [0, 0.1) is 5.92 Å². The minimum atomic E-state index is -0.827. The zero-order chi connectivity index (χ0) is 13.4. The van der Waals surface area contributed by atoms with Gasteiger partial charge in [-0.15, -0.1) is 0 Å². The number of carboxylic acid groups (broad SMARTS) is 1. The normalized spacial score (nSPS) is 13.9. The summed E-state index contributed by atoms with van der Waals surface area (Å²) >= 11 is 0. The number of carbonyl (C=O) groups excluding carboxylic acids is 1. The average Bonchev–Trinajstić information content (AvgIpc) is 2.27. The van der Waals surface area contributed by atoms with Gasteiger partial charge in [0.25, 0.3) is 0 Å². The molecule has 0 saturated carbocycles. The Hall–Kier alpha value is -1.26. The predicted molar refractivity (Wildman–Crippen MR) is 66.9 cm³/mol. The monoisotopic (exact) mass is 244 g/mol. The van der Waals surface area contributed by atoms with E-state index >= 15 is 0 Å². The van der Waals surface area contributed by atoms with Crippen LogP contribution in [0.25, 0.3) is 0 Å². The molecule has 0 aromatic heterocycles. The fourth-order valence-electron chi connectivity index (χ4n) is 1.46. The van der Waals surface area contributed by atoms with Gasteiger partial charge < -0.3 is 15.3 Å². The van der Waals surface area contributed by atoms with Gasteiger partial charge in [0.1, 0.15) is 0 Å². The molecule has 0 aromatic rings. The molecular weight excluding hydrogens is 220 g/mol. The van der Waals surface area contributed by atoms with Gasteiger partial charge in [0.15, 0.2) is 0 Å². The molecule has 0 bridgehead atoms. The fourth-order valence-corrected chi connectivity index (χ4v) is 1.46. The lowest BCUT2D eigenvalue weighted by Gasteiger charge is -2.25. The Morgan fingerprint density at radius 3 is 2.35 bits per heavy atom. The number of carbonyl (C=O) groups is 2. The summed E-state index contributed by atoms with van der Waals surface area (Å²) in [5.74, 6) is -1.25. The first kappa shape index (κ1) is 15.7. The Kier molecular flexibility index (Phi) is 7.34. The van der Waals surface area contributed by atoms with Crippen molar-refractivity contribution in [2.45, 2.75) is 46.1 Å². The number of nitrogens with zero attached hydrogens (tertiary/aromatic N) is 1. The summed E-state index contributed by atoms with van der Waals surface area (Å²) in [6.45, 7) is 6.12. The van der Waals surface area contributed by atoms with Crippen LogP contribution in [-0.4, -0.2) is 41.6 Å². The maximum absolute atomic E-state index is 11.7. The van der Waals surface area contributed by atoms with E-state index in [1.165, 1.54) is 0 Å². The zero-order valence-electron chi connectivity index (χ0n) is 11.2. The lowest BCUT2D eigenvalue weighted by Crippen LogP contribution is -2.43. The number of nitrogens with one attached hydrogen (secondary N) is 1. The SMILES string of the molecule is CCCC(C)N(C)C(=O)NCCC(C)C(=O)O. The van der Waals surface area contributed by atoms with Crippen molar-refractivity contribution in [3.05, 3.63) is 0 Å². The molecule has 2 amide bonds. The lowest BCUT2D eigenvalue weighted by atomic mass is 10.1. The molecule has 0 aliphatic heterocycles. The summed E-state index contributed by atoms with van der Waals surface area (Å²) in [7, 11) is 1.76. The number of aliphatic carboxylic acids is 1. The molecule has 0 aromatic carbocycles. The van der Waals surface area contributed by atoms with Crippen molar-refractivity contribution >= 4 is 12.0 Å². The summed E-state index contributed by atoms with van der Waals surface area (Å²) < 4.78 is 0. The van der Waals surface area contributed by atoms with E-state index in [0.717, 1.165) is 12.8 Å². The van der Waals surface area contributed by atoms with E-state index in [0.29, 0.717) is 13.0 Å². The molecule has 2 atom stereocenters. The molecule has 0 fully saturated rings. The summed E-state index contributed by atoms with van der Waals surface area (Å²) in [5.41, 5.74) is 0. The second-order valence-corrected chi connectivity index (χ2v) is 4.51. The molecule has 5 nitrogen and oxygen atoms in total. The molecule has 17 heavy (non-hydrogen) atoms. The smallest absolute Gasteiger partial charge is 0.317 e. The first-order valence-electron chi connectivity index (χ1n) is 6.13. The third-order valence-electron chi connectivity index (χ3n) is 2.96. The Labute approximate surface area is 103 Å². The maximum Gasteiger partial charge on any atom is 0.317 e. The van der Waals surface area contributed by atoms with E-state index in [2.05, 4.69) is 12.2 Å². The van der Waals surface area contributed by atoms with Crippen molar-refractivity contribution in [3.8, 4) is 0 Å². The maximum atomic E-state index is 11.7. The van der Waals surface area contributed by atoms with Gasteiger partial charge in [-0.05, 0) is 19.8 Å². The second kappa shape index (κ2) is 7.92. The van der Waals surface area contributed by atoms with Gasteiger partial charge >= 0.3 is 12.0 Å². The van der Waals surface area contributed by atoms with Crippen LogP contribution in [0.4, 0.5) is 4.79 Å². The Morgan fingerprint density at radius 2 is 1.88 bits per heavy atom. The standard InChI is InChI=1S/C12H24N2O3/c1-5-6-10(3)14(4)12(17)13-8-7-9(2)11(15)16/h9-10H,5-8H2,1-4H3,(H,13,17)(H,15,16). The van der Waals surface area contributed by atoms with Crippen LogP contribution < -0.4 is 5.32 Å². The first-order valence-corrected chi connectivity index (χ1v) is 6.13. The minimum Gasteiger partial charge on any atom is -0.481 e. The fraction of sp³-hybridized carbons (Fsp3) is 0.833. The second-order valence-electron chi connectivity index (χ2n) is 4.51. The Balaban J connectivity index is 3.89. The van der Waals surface area contributed by atoms with E-state index in [1.54, 1.807) is 18.9 Å². The summed E-state index contributed by atoms with van der Waals surface area (Å²) in [4.78, 5) is 23.9. The van der Waals surface area contributed by atoms with Crippen LogP contribution in [0.15, 0.2) is 0 Å². The van der Waals surface area contributed by atoms with E-state index in [4.69, 9.17) is 5.11 Å². The predicted octanol–water partition coefficient (Wildman–Crippen LogP) is 1.93. The number of hydrogen-bond donors (Lipinski definition) is 2. The highest BCUT2D eigenvalue weighted by Crippen LogP contribution is 2.04. The Morgan fingerprint density at radius 1 is 1.29 bits per heavy atom. The van der Waals surface area contributed by atoms with Crippen LogP contribution in [-0.2, 0) is 4.79 Å². The van der Waals surface area contributed by atoms with E-state index in [-0.39, 0.29) is 12.1 Å². The number of urea groups is 1. The zero-order valence-corrected chi connectivity index (χ0v) is 11.2. The van der Waals surface area contributed by atoms with Crippen molar-refractivity contribution < 1.29 is 14.7 Å². The van der Waals surface area contributed by atoms with Gasteiger partial charge in [0, 0.05) is 19.6 Å². The topological polar surface area (TPSA) is 69.6 Å². The third kappa shape index (κ3) is 6.14. The molecule has 0 spiro atoms. The molecule has 0 aliphatic carbocycles. The minimum absolute atomic E-state index is 0.136. The molecule has 5 heteroatoms. The highest BCUT2D eigenvalue weighted by molar-refractivity contribution is 5.74. The molecule has 0 radical (unpaired) electrons. The van der Waals surface area contributed by atoms with Crippen LogP contribution in [0.1, 0.15) is 40.0 Å². The Bertz CT molecular complexity index is 256. The van der Waals surface area contributed by atoms with Gasteiger partial charge in [-0.3, -0.25) is 4.79 Å². The number of carboxylic acids is 1. The highest BCUT2D eigenvalue weighted by Gasteiger charge is 2.15. The molecule has 2 unspecified atom stereocenters. The van der Waals surface area contributed by atoms with Crippen LogP contribution in [0.2, 0.25) is 0 Å². The van der Waals surface area contributed by atoms with Gasteiger partial charge in [-0.1, -0.05) is 20.3 Å². The first-order chi connectivity index (χ1) is 7.90. The summed E-state index contributed by atoms with van der Waals surface area (Å²) in [5, 5.41) is 11.4. The molecular formula is C12H24N2O3.